The minimum absolute atomic E-state index is 0.0482. The van der Waals surface area contributed by atoms with Gasteiger partial charge in [0.15, 0.2) is 0 Å². The summed E-state index contributed by atoms with van der Waals surface area (Å²) >= 11 is 0. The zero-order chi connectivity index (χ0) is 15.6. The molecule has 1 aliphatic rings. The minimum Gasteiger partial charge on any atom is -0.511 e. The van der Waals surface area contributed by atoms with Crippen LogP contribution in [0.15, 0.2) is 30.5 Å². The van der Waals surface area contributed by atoms with E-state index < -0.39 is 6.04 Å². The molecule has 0 amide bonds. The SMILES string of the molecule is C=C(O)C(N)Cc1c(C)[nH]c2ccc(C3CC3)cc12.CC. The number of benzene rings is 1. The summed E-state index contributed by atoms with van der Waals surface area (Å²) in [6.45, 7) is 9.58. The van der Waals surface area contributed by atoms with E-state index in [4.69, 9.17) is 5.73 Å². The van der Waals surface area contributed by atoms with Gasteiger partial charge in [-0.2, -0.15) is 0 Å². The number of rotatable bonds is 4. The summed E-state index contributed by atoms with van der Waals surface area (Å²) in [6.07, 6.45) is 3.23. The number of aromatic amines is 1. The van der Waals surface area contributed by atoms with Gasteiger partial charge in [-0.1, -0.05) is 26.5 Å². The van der Waals surface area contributed by atoms with Gasteiger partial charge in [0, 0.05) is 16.6 Å². The number of hydrogen-bond acceptors (Lipinski definition) is 2. The predicted molar refractivity (Wildman–Crippen MR) is 89.8 cm³/mol. The third kappa shape index (κ3) is 3.30. The highest BCUT2D eigenvalue weighted by Gasteiger charge is 2.24. The summed E-state index contributed by atoms with van der Waals surface area (Å²) in [4.78, 5) is 3.39. The van der Waals surface area contributed by atoms with Crippen LogP contribution < -0.4 is 5.73 Å². The second-order valence-corrected chi connectivity index (χ2v) is 5.61. The maximum absolute atomic E-state index is 9.41. The maximum atomic E-state index is 9.41. The van der Waals surface area contributed by atoms with Crippen molar-refractivity contribution in [1.29, 1.82) is 0 Å². The monoisotopic (exact) mass is 286 g/mol. The quantitative estimate of drug-likeness (QED) is 0.733. The number of aromatic nitrogens is 1. The first kappa shape index (κ1) is 15.6. The van der Waals surface area contributed by atoms with E-state index in [0.717, 1.165) is 17.1 Å². The Kier molecular flexibility index (Phi) is 4.73. The van der Waals surface area contributed by atoms with Gasteiger partial charge in [0.05, 0.1) is 6.04 Å². The van der Waals surface area contributed by atoms with Crippen molar-refractivity contribution < 1.29 is 5.11 Å². The Hall–Kier alpha value is -1.74. The van der Waals surface area contributed by atoms with Gasteiger partial charge >= 0.3 is 0 Å². The number of hydrogen-bond donors (Lipinski definition) is 3. The summed E-state index contributed by atoms with van der Waals surface area (Å²) in [6, 6.07) is 6.24. The highest BCUT2D eigenvalue weighted by Crippen LogP contribution is 2.41. The fourth-order valence-electron chi connectivity index (χ4n) is 2.67. The molecule has 1 fully saturated rings. The predicted octanol–water partition coefficient (Wildman–Crippen LogP) is 4.32. The molecule has 0 saturated heterocycles. The van der Waals surface area contributed by atoms with Crippen LogP contribution in [0, 0.1) is 6.92 Å². The van der Waals surface area contributed by atoms with Crippen molar-refractivity contribution >= 4 is 10.9 Å². The molecule has 1 saturated carbocycles. The first-order valence-electron chi connectivity index (χ1n) is 7.80. The molecule has 2 aromatic rings. The number of aryl methyl sites for hydroxylation is 1. The topological polar surface area (TPSA) is 62.0 Å². The van der Waals surface area contributed by atoms with Crippen molar-refractivity contribution in [1.82, 2.24) is 4.98 Å². The molecular formula is C18H26N2O. The molecule has 1 unspecified atom stereocenters. The maximum Gasteiger partial charge on any atom is 0.102 e. The van der Waals surface area contributed by atoms with Gasteiger partial charge in [-0.3, -0.25) is 0 Å². The summed E-state index contributed by atoms with van der Waals surface area (Å²) in [5.41, 5.74) is 10.8. The van der Waals surface area contributed by atoms with Gasteiger partial charge in [0.2, 0.25) is 0 Å². The van der Waals surface area contributed by atoms with Crippen LogP contribution in [0.25, 0.3) is 10.9 Å². The second kappa shape index (κ2) is 6.35. The molecule has 114 valence electrons. The average Bonchev–Trinajstić information content (AvgIpc) is 3.27. The smallest absolute Gasteiger partial charge is 0.102 e. The third-order valence-corrected chi connectivity index (χ3v) is 4.04. The van der Waals surface area contributed by atoms with Gasteiger partial charge in [-0.25, -0.2) is 0 Å². The van der Waals surface area contributed by atoms with E-state index in [2.05, 4.69) is 36.7 Å². The van der Waals surface area contributed by atoms with Gasteiger partial charge in [-0.15, -0.1) is 0 Å². The molecule has 1 aliphatic carbocycles. The summed E-state index contributed by atoms with van der Waals surface area (Å²) in [7, 11) is 0. The highest BCUT2D eigenvalue weighted by molar-refractivity contribution is 5.85. The molecule has 3 heteroatoms. The lowest BCUT2D eigenvalue weighted by Gasteiger charge is -2.10. The molecule has 1 aromatic carbocycles. The number of aliphatic hydroxyl groups is 1. The van der Waals surface area contributed by atoms with Crippen molar-refractivity contribution in [2.75, 3.05) is 0 Å². The molecule has 1 atom stereocenters. The Labute approximate surface area is 126 Å². The molecule has 21 heavy (non-hydrogen) atoms. The van der Waals surface area contributed by atoms with Crippen LogP contribution in [-0.4, -0.2) is 16.1 Å². The lowest BCUT2D eigenvalue weighted by atomic mass is 10.00. The molecule has 3 rings (SSSR count). The number of fused-ring (bicyclic) bond motifs is 1. The van der Waals surface area contributed by atoms with E-state index in [1.165, 1.54) is 29.4 Å². The van der Waals surface area contributed by atoms with Crippen molar-refractivity contribution in [3.05, 3.63) is 47.4 Å². The molecule has 1 aromatic heterocycles. The zero-order valence-corrected chi connectivity index (χ0v) is 13.2. The van der Waals surface area contributed by atoms with Crippen molar-refractivity contribution in [3.8, 4) is 0 Å². The van der Waals surface area contributed by atoms with Gasteiger partial charge in [0.1, 0.15) is 5.76 Å². The number of nitrogens with two attached hydrogens (primary N) is 1. The summed E-state index contributed by atoms with van der Waals surface area (Å²) in [5, 5.41) is 10.6. The Morgan fingerprint density at radius 1 is 1.43 bits per heavy atom. The first-order valence-corrected chi connectivity index (χ1v) is 7.80. The molecule has 0 spiro atoms. The fraction of sp³-hybridized carbons (Fsp3) is 0.444. The van der Waals surface area contributed by atoms with Gasteiger partial charge in [-0.05, 0) is 55.4 Å². The number of H-pyrrole nitrogens is 1. The lowest BCUT2D eigenvalue weighted by Crippen LogP contribution is -2.24. The molecule has 1 heterocycles. The molecule has 0 aliphatic heterocycles. The molecular weight excluding hydrogens is 260 g/mol. The van der Waals surface area contributed by atoms with Crippen LogP contribution in [0.4, 0.5) is 0 Å². The summed E-state index contributed by atoms with van der Waals surface area (Å²) in [5.74, 6) is 0.793. The standard InChI is InChI=1S/C16H20N2O.C2H6/c1-9-13(8-15(17)10(2)19)14-7-12(11-3-4-11)5-6-16(14)18-9;1-2/h5-7,11,15,18-19H,2-4,8,17H2,1H3;1-2H3. The Morgan fingerprint density at radius 3 is 2.67 bits per heavy atom. The fourth-order valence-corrected chi connectivity index (χ4v) is 2.67. The van der Waals surface area contributed by atoms with E-state index in [9.17, 15) is 5.11 Å². The van der Waals surface area contributed by atoms with Crippen molar-refractivity contribution in [2.24, 2.45) is 5.73 Å². The second-order valence-electron chi connectivity index (χ2n) is 5.61. The van der Waals surface area contributed by atoms with E-state index in [-0.39, 0.29) is 5.76 Å². The van der Waals surface area contributed by atoms with Crippen LogP contribution >= 0.6 is 0 Å². The summed E-state index contributed by atoms with van der Waals surface area (Å²) < 4.78 is 0. The van der Waals surface area contributed by atoms with E-state index >= 15 is 0 Å². The van der Waals surface area contributed by atoms with Gasteiger partial charge < -0.3 is 15.8 Å². The molecule has 0 bridgehead atoms. The normalized spacial score (nSPS) is 15.4. The number of aliphatic hydroxyl groups excluding tert-OH is 1. The highest BCUT2D eigenvalue weighted by atomic mass is 16.3. The Balaban J connectivity index is 0.000000774. The van der Waals surface area contributed by atoms with E-state index in [1.54, 1.807) is 0 Å². The first-order chi connectivity index (χ1) is 10.1. The van der Waals surface area contributed by atoms with Gasteiger partial charge in [0.25, 0.3) is 0 Å². The largest absolute Gasteiger partial charge is 0.511 e. The van der Waals surface area contributed by atoms with Crippen LogP contribution in [0.3, 0.4) is 0 Å². The van der Waals surface area contributed by atoms with Crippen LogP contribution in [0.2, 0.25) is 0 Å². The van der Waals surface area contributed by atoms with Crippen molar-refractivity contribution in [2.45, 2.75) is 52.0 Å². The average molecular weight is 286 g/mol. The van der Waals surface area contributed by atoms with E-state index in [1.807, 2.05) is 13.8 Å². The Morgan fingerprint density at radius 2 is 2.10 bits per heavy atom. The van der Waals surface area contributed by atoms with Crippen LogP contribution in [0.5, 0.6) is 0 Å². The molecule has 4 N–H and O–H groups in total. The third-order valence-electron chi connectivity index (χ3n) is 4.04. The molecule has 3 nitrogen and oxygen atoms in total. The van der Waals surface area contributed by atoms with E-state index in [0.29, 0.717) is 6.42 Å². The molecule has 0 radical (unpaired) electrons. The van der Waals surface area contributed by atoms with Crippen molar-refractivity contribution in [3.63, 3.8) is 0 Å². The zero-order valence-electron chi connectivity index (χ0n) is 13.2. The Bertz CT molecular complexity index is 638. The van der Waals surface area contributed by atoms with Crippen LogP contribution in [0.1, 0.15) is 49.4 Å². The van der Waals surface area contributed by atoms with Crippen LogP contribution in [-0.2, 0) is 6.42 Å². The minimum atomic E-state index is -0.401. The lowest BCUT2D eigenvalue weighted by molar-refractivity contribution is 0.368. The number of nitrogens with one attached hydrogen (secondary N) is 1.